The standard InChI is InChI=1S/C13H8Cl3F/c14-9-3-6-11(12(15)7-9)13(16)8-1-4-10(17)5-2-8/h1-7,13H. The summed E-state index contributed by atoms with van der Waals surface area (Å²) in [6.07, 6.45) is 0. The zero-order valence-corrected chi connectivity index (χ0v) is 10.9. The van der Waals surface area contributed by atoms with Crippen LogP contribution in [-0.4, -0.2) is 0 Å². The van der Waals surface area contributed by atoms with E-state index in [-0.39, 0.29) is 5.82 Å². The maximum absolute atomic E-state index is 12.8. The zero-order valence-electron chi connectivity index (χ0n) is 8.63. The molecule has 0 fully saturated rings. The fraction of sp³-hybridized carbons (Fsp3) is 0.0769. The van der Waals surface area contributed by atoms with E-state index in [4.69, 9.17) is 34.8 Å². The van der Waals surface area contributed by atoms with Crippen molar-refractivity contribution >= 4 is 34.8 Å². The Bertz CT molecular complexity index is 523. The van der Waals surface area contributed by atoms with E-state index in [1.165, 1.54) is 12.1 Å². The molecule has 0 aromatic heterocycles. The molecule has 1 unspecified atom stereocenters. The Morgan fingerprint density at radius 2 is 1.59 bits per heavy atom. The average molecular weight is 290 g/mol. The lowest BCUT2D eigenvalue weighted by Gasteiger charge is -2.12. The van der Waals surface area contributed by atoms with Crippen LogP contribution in [0.3, 0.4) is 0 Å². The maximum Gasteiger partial charge on any atom is 0.123 e. The van der Waals surface area contributed by atoms with Crippen molar-refractivity contribution in [3.63, 3.8) is 0 Å². The van der Waals surface area contributed by atoms with Crippen LogP contribution in [0.2, 0.25) is 10.0 Å². The first-order valence-electron chi connectivity index (χ1n) is 4.92. The van der Waals surface area contributed by atoms with E-state index in [9.17, 15) is 4.39 Å². The van der Waals surface area contributed by atoms with E-state index in [1.54, 1.807) is 30.3 Å². The van der Waals surface area contributed by atoms with Gasteiger partial charge in [0.2, 0.25) is 0 Å². The highest BCUT2D eigenvalue weighted by atomic mass is 35.5. The van der Waals surface area contributed by atoms with Crippen molar-refractivity contribution in [3.05, 3.63) is 69.5 Å². The molecule has 0 aliphatic heterocycles. The van der Waals surface area contributed by atoms with Crippen LogP contribution in [0.25, 0.3) is 0 Å². The molecule has 0 saturated carbocycles. The van der Waals surface area contributed by atoms with Crippen LogP contribution in [0.4, 0.5) is 4.39 Å². The second kappa shape index (κ2) is 5.26. The molecule has 0 aliphatic rings. The van der Waals surface area contributed by atoms with E-state index in [2.05, 4.69) is 0 Å². The van der Waals surface area contributed by atoms with Crippen molar-refractivity contribution in [2.24, 2.45) is 0 Å². The summed E-state index contributed by atoms with van der Waals surface area (Å²) in [5.74, 6) is -0.292. The molecule has 17 heavy (non-hydrogen) atoms. The van der Waals surface area contributed by atoms with E-state index in [0.717, 1.165) is 11.1 Å². The Kier molecular flexibility index (Phi) is 3.93. The van der Waals surface area contributed by atoms with E-state index < -0.39 is 5.38 Å². The van der Waals surface area contributed by atoms with Crippen LogP contribution in [0.15, 0.2) is 42.5 Å². The first-order chi connectivity index (χ1) is 8.08. The van der Waals surface area contributed by atoms with Crippen molar-refractivity contribution in [2.75, 3.05) is 0 Å². The summed E-state index contributed by atoms with van der Waals surface area (Å²) in [6.45, 7) is 0. The monoisotopic (exact) mass is 288 g/mol. The Morgan fingerprint density at radius 1 is 0.941 bits per heavy atom. The predicted molar refractivity (Wildman–Crippen MR) is 70.6 cm³/mol. The minimum Gasteiger partial charge on any atom is -0.207 e. The highest BCUT2D eigenvalue weighted by Crippen LogP contribution is 2.34. The fourth-order valence-electron chi connectivity index (χ4n) is 1.52. The smallest absolute Gasteiger partial charge is 0.123 e. The molecule has 4 heteroatoms. The molecule has 0 N–H and O–H groups in total. The first-order valence-corrected chi connectivity index (χ1v) is 6.11. The molecule has 2 rings (SSSR count). The van der Waals surface area contributed by atoms with Gasteiger partial charge < -0.3 is 0 Å². The molecule has 0 nitrogen and oxygen atoms in total. The predicted octanol–water partition coefficient (Wildman–Crippen LogP) is 5.46. The molecular weight excluding hydrogens is 282 g/mol. The average Bonchev–Trinajstić information content (AvgIpc) is 2.29. The van der Waals surface area contributed by atoms with Gasteiger partial charge in [-0.15, -0.1) is 11.6 Å². The van der Waals surface area contributed by atoms with Gasteiger partial charge in [-0.1, -0.05) is 41.4 Å². The lowest BCUT2D eigenvalue weighted by molar-refractivity contribution is 0.627. The summed E-state index contributed by atoms with van der Waals surface area (Å²) in [7, 11) is 0. The molecule has 0 aliphatic carbocycles. The van der Waals surface area contributed by atoms with Crippen LogP contribution >= 0.6 is 34.8 Å². The van der Waals surface area contributed by atoms with Gasteiger partial charge in [0.25, 0.3) is 0 Å². The summed E-state index contributed by atoms with van der Waals surface area (Å²) >= 11 is 18.2. The topological polar surface area (TPSA) is 0 Å². The third-order valence-electron chi connectivity index (χ3n) is 2.40. The van der Waals surface area contributed by atoms with Crippen molar-refractivity contribution in [1.82, 2.24) is 0 Å². The van der Waals surface area contributed by atoms with Gasteiger partial charge in [0.15, 0.2) is 0 Å². The van der Waals surface area contributed by atoms with Crippen LogP contribution in [0, 0.1) is 5.82 Å². The van der Waals surface area contributed by atoms with Gasteiger partial charge in [0.05, 0.1) is 5.38 Å². The second-order valence-electron chi connectivity index (χ2n) is 3.58. The first kappa shape index (κ1) is 12.7. The van der Waals surface area contributed by atoms with Crippen molar-refractivity contribution in [2.45, 2.75) is 5.38 Å². The quantitative estimate of drug-likeness (QED) is 0.644. The largest absolute Gasteiger partial charge is 0.207 e. The van der Waals surface area contributed by atoms with Crippen LogP contribution in [-0.2, 0) is 0 Å². The fourth-order valence-corrected chi connectivity index (χ4v) is 2.43. The van der Waals surface area contributed by atoms with Crippen molar-refractivity contribution in [3.8, 4) is 0 Å². The lowest BCUT2D eigenvalue weighted by atomic mass is 10.0. The Balaban J connectivity index is 2.36. The summed E-state index contributed by atoms with van der Waals surface area (Å²) in [5.41, 5.74) is 1.54. The number of benzene rings is 2. The molecule has 0 bridgehead atoms. The van der Waals surface area contributed by atoms with Gasteiger partial charge in [0.1, 0.15) is 5.82 Å². The maximum atomic E-state index is 12.8. The molecule has 0 spiro atoms. The highest BCUT2D eigenvalue weighted by Gasteiger charge is 2.14. The number of halogens is 4. The van der Waals surface area contributed by atoms with Crippen LogP contribution in [0.1, 0.15) is 16.5 Å². The number of hydrogen-bond donors (Lipinski definition) is 0. The van der Waals surface area contributed by atoms with Gasteiger partial charge in [0, 0.05) is 10.0 Å². The van der Waals surface area contributed by atoms with Crippen LogP contribution < -0.4 is 0 Å². The second-order valence-corrected chi connectivity index (χ2v) is 4.86. The van der Waals surface area contributed by atoms with E-state index in [0.29, 0.717) is 10.0 Å². The number of rotatable bonds is 2. The molecule has 0 saturated heterocycles. The van der Waals surface area contributed by atoms with Gasteiger partial charge in [-0.3, -0.25) is 0 Å². The van der Waals surface area contributed by atoms with Gasteiger partial charge in [-0.25, -0.2) is 4.39 Å². The number of hydrogen-bond acceptors (Lipinski definition) is 0. The summed E-state index contributed by atoms with van der Waals surface area (Å²) in [4.78, 5) is 0. The minimum absolute atomic E-state index is 0.292. The molecule has 88 valence electrons. The lowest BCUT2D eigenvalue weighted by Crippen LogP contribution is -1.94. The molecule has 0 radical (unpaired) electrons. The van der Waals surface area contributed by atoms with E-state index >= 15 is 0 Å². The van der Waals surface area contributed by atoms with Crippen molar-refractivity contribution in [1.29, 1.82) is 0 Å². The summed E-state index contributed by atoms with van der Waals surface area (Å²) in [6, 6.07) is 11.1. The van der Waals surface area contributed by atoms with Crippen LogP contribution in [0.5, 0.6) is 0 Å². The molecule has 2 aromatic rings. The molecule has 1 atom stereocenters. The SMILES string of the molecule is Fc1ccc(C(Cl)c2ccc(Cl)cc2Cl)cc1. The summed E-state index contributed by atoms with van der Waals surface area (Å²) < 4.78 is 12.8. The van der Waals surface area contributed by atoms with Gasteiger partial charge in [-0.05, 0) is 35.4 Å². The zero-order chi connectivity index (χ0) is 12.4. The molecule has 0 heterocycles. The highest BCUT2D eigenvalue weighted by molar-refractivity contribution is 6.36. The third kappa shape index (κ3) is 2.92. The summed E-state index contributed by atoms with van der Waals surface area (Å²) in [5, 5.41) is 0.643. The molecule has 2 aromatic carbocycles. The molecular formula is C13H8Cl3F. The third-order valence-corrected chi connectivity index (χ3v) is 3.45. The van der Waals surface area contributed by atoms with Gasteiger partial charge >= 0.3 is 0 Å². The number of alkyl halides is 1. The Morgan fingerprint density at radius 3 is 2.18 bits per heavy atom. The Hall–Kier alpha value is -0.760. The van der Waals surface area contributed by atoms with Crippen molar-refractivity contribution < 1.29 is 4.39 Å². The molecule has 0 amide bonds. The minimum atomic E-state index is -0.416. The van der Waals surface area contributed by atoms with Gasteiger partial charge in [-0.2, -0.15) is 0 Å². The Labute approximate surface area is 114 Å². The van der Waals surface area contributed by atoms with E-state index in [1.807, 2.05) is 0 Å². The normalized spacial score (nSPS) is 12.5.